The maximum Gasteiger partial charge on any atom is 0.268 e. The number of fused-ring (bicyclic) bond motifs is 4. The molecule has 0 saturated heterocycles. The monoisotopic (exact) mass is 1030 g/mol. The van der Waals surface area contributed by atoms with Crippen LogP contribution in [0.15, 0.2) is 194 Å². The van der Waals surface area contributed by atoms with E-state index >= 15 is 0 Å². The van der Waals surface area contributed by atoms with Gasteiger partial charge in [-0.3, -0.25) is 4.57 Å². The Kier molecular flexibility index (Phi) is 11.8. The second-order valence-corrected chi connectivity index (χ2v) is 16.6. The third-order valence-corrected chi connectivity index (χ3v) is 12.7. The van der Waals surface area contributed by atoms with Crippen LogP contribution in [0.25, 0.3) is 83.4 Å². The van der Waals surface area contributed by atoms with Gasteiger partial charge in [-0.1, -0.05) is 159 Å². The van der Waals surface area contributed by atoms with Crippen LogP contribution in [0.1, 0.15) is 43.7 Å². The van der Waals surface area contributed by atoms with E-state index in [2.05, 4.69) is 223 Å². The van der Waals surface area contributed by atoms with Crippen molar-refractivity contribution >= 4 is 32.8 Å². The van der Waals surface area contributed by atoms with Gasteiger partial charge < -0.3 is 13.9 Å². The Hall–Kier alpha value is -7.33. The molecule has 3 aromatic heterocycles. The molecule has 8 aromatic carbocycles. The molecule has 0 atom stereocenters. The minimum Gasteiger partial charge on any atom is -0.510 e. The van der Waals surface area contributed by atoms with E-state index in [1.807, 2.05) is 24.4 Å². The van der Waals surface area contributed by atoms with Gasteiger partial charge in [-0.05, 0) is 99.5 Å². The summed E-state index contributed by atoms with van der Waals surface area (Å²) in [5.41, 5.74) is 15.2. The summed E-state index contributed by atoms with van der Waals surface area (Å²) in [5, 5.41) is 2.21. The quantitative estimate of drug-likeness (QED) is 0.0956. The van der Waals surface area contributed by atoms with Gasteiger partial charge >= 0.3 is 0 Å². The van der Waals surface area contributed by atoms with E-state index in [1.54, 1.807) is 0 Å². The minimum atomic E-state index is 0. The predicted molar refractivity (Wildman–Crippen MR) is 264 cm³/mol. The normalized spacial score (nSPS) is 11.4. The zero-order valence-electron chi connectivity index (χ0n) is 37.0. The zero-order chi connectivity index (χ0) is 43.9. The number of imidazole rings is 1. The fraction of sp³-hybridized carbons (Fsp3) is 0.100. The van der Waals surface area contributed by atoms with Gasteiger partial charge in [0, 0.05) is 44.3 Å². The van der Waals surface area contributed by atoms with Gasteiger partial charge in [0.25, 0.3) is 6.33 Å². The van der Waals surface area contributed by atoms with Gasteiger partial charge in [0.2, 0.25) is 0 Å². The van der Waals surface area contributed by atoms with Crippen molar-refractivity contribution in [3.8, 4) is 62.1 Å². The molecule has 11 rings (SSSR count). The number of para-hydroxylation sites is 2. The maximum atomic E-state index is 6.73. The molecule has 0 aliphatic heterocycles. The van der Waals surface area contributed by atoms with Crippen molar-refractivity contribution in [2.75, 3.05) is 0 Å². The molecule has 3 heterocycles. The second kappa shape index (κ2) is 18.3. The van der Waals surface area contributed by atoms with E-state index in [1.165, 1.54) is 11.1 Å². The van der Waals surface area contributed by atoms with Crippen molar-refractivity contribution in [3.63, 3.8) is 0 Å². The van der Waals surface area contributed by atoms with E-state index in [-0.39, 0.29) is 21.1 Å². The Bertz CT molecular complexity index is 3440. The standard InChI is InChI=1S/C60H46N4O.Pt/c1-4-42(5-2)47-34-35-61-58(37-47)64-55-33-30-46(43-19-9-6-10-20-43)36-54(55)53-32-31-50(39-57(53)64)65-49-26-16-25-48(38-49)62-40-63(59-41(3)18-15-29-56(59)62)60-51(44-21-11-7-12-22-44)27-17-28-52(60)45-23-13-8-14-24-45;/h6-37,42H,4-5H2,1-3H3;/q-2;. The van der Waals surface area contributed by atoms with E-state index in [0.717, 1.165) is 96.3 Å². The van der Waals surface area contributed by atoms with Crippen LogP contribution < -0.4 is 9.30 Å². The molecule has 324 valence electrons. The van der Waals surface area contributed by atoms with Gasteiger partial charge in [0.15, 0.2) is 0 Å². The fourth-order valence-corrected chi connectivity index (χ4v) is 9.50. The van der Waals surface area contributed by atoms with E-state index < -0.39 is 0 Å². The number of hydrogen-bond donors (Lipinski definition) is 0. The molecule has 5 nitrogen and oxygen atoms in total. The summed E-state index contributed by atoms with van der Waals surface area (Å²) in [6.45, 7) is 6.68. The number of aryl methyl sites for hydroxylation is 1. The molecule has 0 fully saturated rings. The summed E-state index contributed by atoms with van der Waals surface area (Å²) < 4.78 is 13.3. The van der Waals surface area contributed by atoms with Gasteiger partial charge in [-0.15, -0.1) is 29.7 Å². The Morgan fingerprint density at radius 1 is 0.576 bits per heavy atom. The first-order chi connectivity index (χ1) is 32.1. The van der Waals surface area contributed by atoms with E-state index in [0.29, 0.717) is 17.4 Å². The zero-order valence-corrected chi connectivity index (χ0v) is 39.3. The van der Waals surface area contributed by atoms with Gasteiger partial charge in [0.05, 0.1) is 16.7 Å². The van der Waals surface area contributed by atoms with E-state index in [4.69, 9.17) is 9.72 Å². The molecule has 0 aliphatic carbocycles. The fourth-order valence-electron chi connectivity index (χ4n) is 9.50. The predicted octanol–water partition coefficient (Wildman–Crippen LogP) is 14.8. The number of benzene rings is 8. The molecule has 66 heavy (non-hydrogen) atoms. The number of ether oxygens (including phenoxy) is 1. The van der Waals surface area contributed by atoms with Crippen LogP contribution in [0.4, 0.5) is 0 Å². The number of pyridine rings is 1. The summed E-state index contributed by atoms with van der Waals surface area (Å²) in [6.07, 6.45) is 7.88. The van der Waals surface area contributed by atoms with Crippen molar-refractivity contribution in [1.82, 2.24) is 14.1 Å². The molecule has 0 saturated carbocycles. The molecule has 0 bridgehead atoms. The number of nitrogens with zero attached hydrogens (tertiary/aromatic N) is 4. The largest absolute Gasteiger partial charge is 0.510 e. The maximum absolute atomic E-state index is 6.73. The van der Waals surface area contributed by atoms with Crippen LogP contribution in [0.5, 0.6) is 11.5 Å². The molecule has 0 N–H and O–H groups in total. The van der Waals surface area contributed by atoms with Crippen molar-refractivity contribution in [2.24, 2.45) is 0 Å². The Morgan fingerprint density at radius 3 is 1.92 bits per heavy atom. The molecule has 0 aliphatic rings. The van der Waals surface area contributed by atoms with Crippen molar-refractivity contribution in [3.05, 3.63) is 224 Å². The third-order valence-electron chi connectivity index (χ3n) is 12.7. The molecule has 0 amide bonds. The topological polar surface area (TPSA) is 35.9 Å². The number of hydrogen-bond acceptors (Lipinski definition) is 2. The average Bonchev–Trinajstić information content (AvgIpc) is 3.91. The second-order valence-electron chi connectivity index (χ2n) is 16.6. The minimum absolute atomic E-state index is 0. The molecular formula is C60H46N4OPt-2. The summed E-state index contributed by atoms with van der Waals surface area (Å²) in [7, 11) is 0. The summed E-state index contributed by atoms with van der Waals surface area (Å²) in [4.78, 5) is 4.96. The number of aromatic nitrogens is 4. The van der Waals surface area contributed by atoms with E-state index in [9.17, 15) is 0 Å². The summed E-state index contributed by atoms with van der Waals surface area (Å²) >= 11 is 0. The molecule has 11 aromatic rings. The molecular weight excluding hydrogens is 988 g/mol. The Labute approximate surface area is 400 Å². The first-order valence-corrected chi connectivity index (χ1v) is 22.5. The Balaban J connectivity index is 0.00000511. The molecule has 6 heteroatoms. The van der Waals surface area contributed by atoms with Crippen LogP contribution in [-0.4, -0.2) is 14.1 Å². The molecule has 0 radical (unpaired) electrons. The smallest absolute Gasteiger partial charge is 0.268 e. The average molecular weight is 1030 g/mol. The van der Waals surface area contributed by atoms with Gasteiger partial charge in [-0.25, -0.2) is 4.98 Å². The molecule has 0 spiro atoms. The van der Waals surface area contributed by atoms with Crippen LogP contribution in [0.3, 0.4) is 0 Å². The SMILES string of the molecule is CCC(CC)c1ccnc(-n2c3[c-]c(Oc4[c-]c(-n5[c-][n+](-c6c(-c7ccccc7)cccc6-c6ccccc6)c6c(C)cccc65)ccc4)ccc3c3cc(-c4ccccc4)ccc32)c1.[Pt]. The van der Waals surface area contributed by atoms with Crippen LogP contribution in [0, 0.1) is 25.4 Å². The van der Waals surface area contributed by atoms with Crippen LogP contribution >= 0.6 is 0 Å². The summed E-state index contributed by atoms with van der Waals surface area (Å²) in [5.74, 6) is 2.49. The van der Waals surface area contributed by atoms with Gasteiger partial charge in [-0.2, -0.15) is 18.2 Å². The number of rotatable bonds is 11. The van der Waals surface area contributed by atoms with Crippen molar-refractivity contribution < 1.29 is 30.4 Å². The summed E-state index contributed by atoms with van der Waals surface area (Å²) in [6, 6.07) is 73.3. The van der Waals surface area contributed by atoms with Crippen LogP contribution in [0.2, 0.25) is 0 Å². The van der Waals surface area contributed by atoms with Crippen molar-refractivity contribution in [1.29, 1.82) is 0 Å². The van der Waals surface area contributed by atoms with Crippen molar-refractivity contribution in [2.45, 2.75) is 39.5 Å². The first-order valence-electron chi connectivity index (χ1n) is 22.5. The Morgan fingerprint density at radius 2 is 1.23 bits per heavy atom. The van der Waals surface area contributed by atoms with Crippen LogP contribution in [-0.2, 0) is 21.1 Å². The third kappa shape index (κ3) is 7.74. The van der Waals surface area contributed by atoms with Gasteiger partial charge in [0.1, 0.15) is 5.82 Å². The molecule has 0 unspecified atom stereocenters. The first kappa shape index (κ1) is 42.6.